The Kier molecular flexibility index (Phi) is 6.44. The molecule has 6 nitrogen and oxygen atoms in total. The van der Waals surface area contributed by atoms with Crippen LogP contribution in [0.4, 0.5) is 11.4 Å². The Morgan fingerprint density at radius 2 is 1.30 bits per heavy atom. The number of benzene rings is 3. The second-order valence-corrected chi connectivity index (χ2v) is 9.73. The van der Waals surface area contributed by atoms with Gasteiger partial charge in [-0.05, 0) is 59.7 Å². The van der Waals surface area contributed by atoms with Crippen LogP contribution in [-0.4, -0.2) is 42.8 Å². The summed E-state index contributed by atoms with van der Waals surface area (Å²) in [5, 5.41) is 6.53. The van der Waals surface area contributed by atoms with E-state index < -0.39 is 5.54 Å². The molecule has 2 aliphatic rings. The zero-order valence-corrected chi connectivity index (χ0v) is 22.7. The van der Waals surface area contributed by atoms with Gasteiger partial charge >= 0.3 is 0 Å². The summed E-state index contributed by atoms with van der Waals surface area (Å²) in [5.41, 5.74) is 5.55. The number of ether oxygens (including phenoxy) is 1. The van der Waals surface area contributed by atoms with E-state index in [1.807, 2.05) is 32.0 Å². The lowest BCUT2D eigenvalue weighted by Gasteiger charge is -2.42. The highest BCUT2D eigenvalue weighted by molar-refractivity contribution is 6.03. The molecule has 3 aromatic rings. The third-order valence-electron chi connectivity index (χ3n) is 7.54. The first kappa shape index (κ1) is 24.9. The van der Waals surface area contributed by atoms with E-state index in [0.717, 1.165) is 71.5 Å². The van der Waals surface area contributed by atoms with Crippen LogP contribution >= 0.6 is 0 Å². The van der Waals surface area contributed by atoms with Gasteiger partial charge in [0.1, 0.15) is 17.0 Å². The Morgan fingerprint density at radius 3 is 1.78 bits per heavy atom. The molecule has 6 heteroatoms. The minimum absolute atomic E-state index is 0.101. The highest BCUT2D eigenvalue weighted by Gasteiger charge is 2.57. The van der Waals surface area contributed by atoms with E-state index in [2.05, 4.69) is 80.0 Å². The molecule has 2 heterocycles. The zero-order chi connectivity index (χ0) is 26.3. The van der Waals surface area contributed by atoms with Crippen molar-refractivity contribution in [1.29, 1.82) is 0 Å². The van der Waals surface area contributed by atoms with Crippen LogP contribution in [0.1, 0.15) is 68.6 Å². The normalized spacial score (nSPS) is 14.5. The summed E-state index contributed by atoms with van der Waals surface area (Å²) in [7, 11) is 0. The molecular weight excluding hydrogens is 460 g/mol. The number of nitrogens with zero attached hydrogens (tertiary/aromatic N) is 4. The predicted molar refractivity (Wildman–Crippen MR) is 151 cm³/mol. The van der Waals surface area contributed by atoms with E-state index in [-0.39, 0.29) is 5.91 Å². The van der Waals surface area contributed by atoms with Crippen LogP contribution in [0.2, 0.25) is 0 Å². The van der Waals surface area contributed by atoms with Crippen molar-refractivity contribution in [3.05, 3.63) is 82.9 Å². The molecule has 192 valence electrons. The SMILES string of the molecule is CCN(CC)c1ccc2c(c1)Oc1cc(N(CC)CC)ccc1C21c2ccccc2C(=O)N1N=C(C)C. The van der Waals surface area contributed by atoms with E-state index in [4.69, 9.17) is 9.84 Å². The fourth-order valence-electron chi connectivity index (χ4n) is 5.83. The Labute approximate surface area is 220 Å². The number of rotatable bonds is 7. The number of carbonyl (C=O) groups excluding carboxylic acids is 1. The molecule has 0 N–H and O–H groups in total. The van der Waals surface area contributed by atoms with E-state index in [0.29, 0.717) is 5.56 Å². The third-order valence-corrected chi connectivity index (χ3v) is 7.54. The molecule has 0 saturated heterocycles. The molecule has 0 aliphatic carbocycles. The molecule has 0 bridgehead atoms. The van der Waals surface area contributed by atoms with Crippen molar-refractivity contribution in [1.82, 2.24) is 5.01 Å². The summed E-state index contributed by atoms with van der Waals surface area (Å²) < 4.78 is 6.69. The molecule has 2 aliphatic heterocycles. The zero-order valence-electron chi connectivity index (χ0n) is 22.7. The minimum Gasteiger partial charge on any atom is -0.456 e. The number of hydrogen-bond acceptors (Lipinski definition) is 5. The Morgan fingerprint density at radius 1 is 0.784 bits per heavy atom. The van der Waals surface area contributed by atoms with Crippen LogP contribution < -0.4 is 14.5 Å². The van der Waals surface area contributed by atoms with Crippen LogP contribution in [0.5, 0.6) is 11.5 Å². The monoisotopic (exact) mass is 496 g/mol. The average Bonchev–Trinajstić information content (AvgIpc) is 3.14. The van der Waals surface area contributed by atoms with Crippen molar-refractivity contribution in [2.45, 2.75) is 47.1 Å². The molecule has 0 saturated carbocycles. The summed E-state index contributed by atoms with van der Waals surface area (Å²) in [5.74, 6) is 1.41. The number of amides is 1. The Bertz CT molecular complexity index is 1310. The number of carbonyl (C=O) groups is 1. The summed E-state index contributed by atoms with van der Waals surface area (Å²) >= 11 is 0. The molecule has 0 unspecified atom stereocenters. The van der Waals surface area contributed by atoms with Gasteiger partial charge in [-0.15, -0.1) is 0 Å². The van der Waals surface area contributed by atoms with Gasteiger partial charge in [0.15, 0.2) is 0 Å². The number of anilines is 2. The van der Waals surface area contributed by atoms with Crippen molar-refractivity contribution in [3.63, 3.8) is 0 Å². The predicted octanol–water partition coefficient (Wildman–Crippen LogP) is 6.63. The fraction of sp³-hybridized carbons (Fsp3) is 0.355. The van der Waals surface area contributed by atoms with Crippen LogP contribution in [-0.2, 0) is 5.54 Å². The first-order chi connectivity index (χ1) is 17.9. The summed E-state index contributed by atoms with van der Waals surface area (Å²) in [6.07, 6.45) is 0. The van der Waals surface area contributed by atoms with Gasteiger partial charge in [0.2, 0.25) is 0 Å². The van der Waals surface area contributed by atoms with Crippen LogP contribution in [0.3, 0.4) is 0 Å². The van der Waals surface area contributed by atoms with E-state index in [1.165, 1.54) is 0 Å². The van der Waals surface area contributed by atoms with Crippen molar-refractivity contribution in [2.24, 2.45) is 5.10 Å². The smallest absolute Gasteiger partial charge is 0.275 e. The van der Waals surface area contributed by atoms with Crippen molar-refractivity contribution >= 4 is 23.0 Å². The van der Waals surface area contributed by atoms with Gasteiger partial charge in [0.05, 0.1) is 0 Å². The maximum Gasteiger partial charge on any atom is 0.275 e. The van der Waals surface area contributed by atoms with Gasteiger partial charge < -0.3 is 14.5 Å². The van der Waals surface area contributed by atoms with Gasteiger partial charge in [-0.2, -0.15) is 5.10 Å². The van der Waals surface area contributed by atoms with Gasteiger partial charge in [-0.3, -0.25) is 4.79 Å². The van der Waals surface area contributed by atoms with E-state index in [9.17, 15) is 4.79 Å². The quantitative estimate of drug-likeness (QED) is 0.345. The molecule has 5 rings (SSSR count). The van der Waals surface area contributed by atoms with Crippen LogP contribution in [0, 0.1) is 0 Å². The number of hydrogen-bond donors (Lipinski definition) is 0. The molecule has 3 aromatic carbocycles. The maximum absolute atomic E-state index is 13.9. The van der Waals surface area contributed by atoms with Crippen molar-refractivity contribution in [2.75, 3.05) is 36.0 Å². The van der Waals surface area contributed by atoms with Gasteiger partial charge in [0, 0.05) is 77.7 Å². The Hall–Kier alpha value is -3.80. The molecule has 1 amide bonds. The average molecular weight is 497 g/mol. The van der Waals surface area contributed by atoms with Crippen LogP contribution in [0.25, 0.3) is 0 Å². The number of fused-ring (bicyclic) bond motifs is 6. The van der Waals surface area contributed by atoms with E-state index >= 15 is 0 Å². The summed E-state index contributed by atoms with van der Waals surface area (Å²) in [6, 6.07) is 20.6. The fourth-order valence-corrected chi connectivity index (χ4v) is 5.83. The first-order valence-corrected chi connectivity index (χ1v) is 13.3. The summed E-state index contributed by atoms with van der Waals surface area (Å²) in [4.78, 5) is 18.5. The highest BCUT2D eigenvalue weighted by atomic mass is 16.5. The van der Waals surface area contributed by atoms with E-state index in [1.54, 1.807) is 5.01 Å². The molecule has 0 aromatic heterocycles. The molecular formula is C31H36N4O2. The lowest BCUT2D eigenvalue weighted by atomic mass is 9.75. The standard InChI is InChI=1S/C31H36N4O2/c1-7-33(8-2)22-15-17-26-28(19-22)37-29-20-23(34(9-3)10-4)16-18-27(29)31(26)25-14-12-11-13-24(25)30(36)35(31)32-21(5)6/h11-20H,7-10H2,1-6H3. The lowest BCUT2D eigenvalue weighted by Crippen LogP contribution is -2.44. The van der Waals surface area contributed by atoms with Gasteiger partial charge in [0.25, 0.3) is 5.91 Å². The Balaban J connectivity index is 1.86. The van der Waals surface area contributed by atoms with Crippen LogP contribution in [0.15, 0.2) is 65.8 Å². The van der Waals surface area contributed by atoms with Crippen molar-refractivity contribution < 1.29 is 9.53 Å². The summed E-state index contributed by atoms with van der Waals surface area (Å²) in [6.45, 7) is 16.1. The minimum atomic E-state index is -0.919. The number of hydrazone groups is 1. The topological polar surface area (TPSA) is 48.4 Å². The molecule has 0 atom stereocenters. The van der Waals surface area contributed by atoms with Gasteiger partial charge in [-0.25, -0.2) is 5.01 Å². The molecule has 0 radical (unpaired) electrons. The second kappa shape index (κ2) is 9.58. The maximum atomic E-state index is 13.9. The van der Waals surface area contributed by atoms with Gasteiger partial charge in [-0.1, -0.05) is 30.3 Å². The molecule has 1 spiro atoms. The second-order valence-electron chi connectivity index (χ2n) is 9.73. The third kappa shape index (κ3) is 3.69. The highest BCUT2D eigenvalue weighted by Crippen LogP contribution is 2.58. The lowest BCUT2D eigenvalue weighted by molar-refractivity contribution is 0.0673. The molecule has 37 heavy (non-hydrogen) atoms. The first-order valence-electron chi connectivity index (χ1n) is 13.3. The van der Waals surface area contributed by atoms with Crippen molar-refractivity contribution in [3.8, 4) is 11.5 Å². The largest absolute Gasteiger partial charge is 0.456 e. The molecule has 0 fully saturated rings.